The van der Waals surface area contributed by atoms with Crippen LogP contribution in [0.15, 0.2) is 226 Å². The number of hydrogen-bond donors (Lipinski definition) is 2. The van der Waals surface area contributed by atoms with Gasteiger partial charge in [0.1, 0.15) is 25.5 Å². The van der Waals surface area contributed by atoms with Crippen molar-refractivity contribution in [3.63, 3.8) is 0 Å². The minimum Gasteiger partial charge on any atom is -0.295 e. The predicted molar refractivity (Wildman–Crippen MR) is 283 cm³/mol. The Hall–Kier alpha value is -5.90. The van der Waals surface area contributed by atoms with Gasteiger partial charge in [0.05, 0.1) is 36.0 Å². The number of benzene rings is 4. The standard InChI is InChI=1S/2C16H11N2.2C12H15N2O.CH4.BrH.ClH.2Pt/c2*1-2-7-13(8-3-1)14-10-6-11-16(18-14)15-9-4-5-12-17-15;2*15-9-8-13-6-7-14(11-13)10-12-4-2-1-3-5-12;;;;;/h2*1-7,9-12H;2*1-7,11,15H,8-10H2;1H4;2*1H;;/q3*-1;+1;;;;2*+2/p-1. The van der Waals surface area contributed by atoms with E-state index in [0.717, 1.165) is 58.4 Å². The summed E-state index contributed by atoms with van der Waals surface area (Å²) in [6, 6.07) is 66.2. The van der Waals surface area contributed by atoms with E-state index < -0.39 is 0 Å². The zero-order valence-corrected chi connectivity index (χ0v) is 45.1. The Kier molecular flexibility index (Phi) is 28.8. The van der Waals surface area contributed by atoms with Gasteiger partial charge in [-0.25, -0.2) is 9.13 Å². The van der Waals surface area contributed by atoms with Crippen LogP contribution in [0, 0.1) is 18.8 Å². The topological polar surface area (TPSA) is 107 Å². The number of rotatable bonds is 12. The van der Waals surface area contributed by atoms with Crippen LogP contribution in [0.25, 0.3) is 45.3 Å². The van der Waals surface area contributed by atoms with Crippen molar-refractivity contribution in [1.82, 2.24) is 34.3 Å². The summed E-state index contributed by atoms with van der Waals surface area (Å²) < 4.78 is 4.08. The molecule has 1 aliphatic heterocycles. The van der Waals surface area contributed by atoms with Crippen LogP contribution >= 0.6 is 26.4 Å². The van der Waals surface area contributed by atoms with Gasteiger partial charge in [-0.05, 0) is 71.3 Å². The van der Waals surface area contributed by atoms with Crippen molar-refractivity contribution in [2.45, 2.75) is 27.1 Å². The number of aliphatic hydroxyl groups is 2. The van der Waals surface area contributed by atoms with Gasteiger partial charge in [0.25, 0.3) is 0 Å². The van der Waals surface area contributed by atoms with Crippen LogP contribution in [0.5, 0.6) is 0 Å². The number of aliphatic hydroxyl groups excluding tert-OH is 2. The third-order valence-electron chi connectivity index (χ3n) is 9.95. The van der Waals surface area contributed by atoms with Crippen molar-refractivity contribution < 1.29 is 54.6 Å². The van der Waals surface area contributed by atoms with Crippen molar-refractivity contribution in [1.29, 1.82) is 0 Å². The second kappa shape index (κ2) is 34.4. The average Bonchev–Trinajstić information content (AvgIpc) is 4.08. The van der Waals surface area contributed by atoms with Crippen LogP contribution in [-0.4, -0.2) is 64.3 Å². The minimum atomic E-state index is 0. The molecule has 1 aliphatic rings. The molecule has 2 N–H and O–H groups in total. The molecule has 0 atom stereocenters. The monoisotopic (exact) mass is 1390 g/mol. The molecule has 0 unspecified atom stereocenters. The number of β-amino-alcohol motifs (C(OH)–C–C–N with tert-alkyl or cyclic N) is 1. The van der Waals surface area contributed by atoms with E-state index in [1.54, 1.807) is 31.2 Å². The quantitative estimate of drug-likeness (QED) is 0.0920. The summed E-state index contributed by atoms with van der Waals surface area (Å²) in [5.74, 6) is 0. The number of hydrogen-bond acceptors (Lipinski definition) is 8. The van der Waals surface area contributed by atoms with E-state index in [1.807, 2.05) is 205 Å². The van der Waals surface area contributed by atoms with E-state index in [4.69, 9.17) is 10.2 Å². The molecule has 14 heteroatoms. The molecular weight excluding hydrogens is 1330 g/mol. The van der Waals surface area contributed by atoms with Gasteiger partial charge in [-0.3, -0.25) is 19.9 Å². The number of imidazole rings is 1. The van der Waals surface area contributed by atoms with Crippen LogP contribution in [0.4, 0.5) is 0 Å². The van der Waals surface area contributed by atoms with Gasteiger partial charge < -0.3 is 20.0 Å². The summed E-state index contributed by atoms with van der Waals surface area (Å²) in [5.41, 5.74) is 9.91. The molecule has 0 saturated carbocycles. The summed E-state index contributed by atoms with van der Waals surface area (Å²) in [5, 5.41) is 17.6. The number of pyridine rings is 4. The molecule has 0 radical (unpaired) electrons. The molecule has 0 saturated heterocycles. The van der Waals surface area contributed by atoms with E-state index in [0.29, 0.717) is 13.1 Å². The van der Waals surface area contributed by atoms with E-state index >= 15 is 0 Å². The van der Waals surface area contributed by atoms with Gasteiger partial charge in [-0.15, -0.1) is 88.8 Å². The molecule has 4 aromatic carbocycles. The Labute approximate surface area is 459 Å². The van der Waals surface area contributed by atoms with Crippen molar-refractivity contribution in [3.8, 4) is 45.3 Å². The van der Waals surface area contributed by atoms with E-state index in [2.05, 4.69) is 75.2 Å². The maximum Gasteiger partial charge on any atom is 2.00 e. The zero-order chi connectivity index (χ0) is 47.4. The smallest absolute Gasteiger partial charge is 0.295 e. The van der Waals surface area contributed by atoms with Crippen LogP contribution in [0.2, 0.25) is 0 Å². The van der Waals surface area contributed by atoms with Gasteiger partial charge in [-0.2, -0.15) is 6.67 Å². The summed E-state index contributed by atoms with van der Waals surface area (Å²) in [4.78, 5) is 21.9. The third kappa shape index (κ3) is 20.4. The van der Waals surface area contributed by atoms with Gasteiger partial charge in [-0.1, -0.05) is 104 Å². The van der Waals surface area contributed by atoms with Crippen molar-refractivity contribution in [2.75, 3.05) is 19.8 Å². The Morgan fingerprint density at radius 1 is 0.535 bits per heavy atom. The molecule has 5 aromatic heterocycles. The maximum atomic E-state index is 8.79. The Morgan fingerprint density at radius 2 is 1.00 bits per heavy atom. The number of nitrogens with zero attached hydrogens (tertiary/aromatic N) is 8. The molecule has 9 aromatic rings. The van der Waals surface area contributed by atoms with Gasteiger partial charge in [0, 0.05) is 25.5 Å². The third-order valence-corrected chi connectivity index (χ3v) is 9.95. The first kappa shape index (κ1) is 59.4. The van der Waals surface area contributed by atoms with Crippen LogP contribution in [0.1, 0.15) is 18.6 Å². The molecule has 10 rings (SSSR count). The summed E-state index contributed by atoms with van der Waals surface area (Å²) in [6.45, 7) is 5.42. The summed E-state index contributed by atoms with van der Waals surface area (Å²) in [7, 11) is 4.61. The second-order valence-corrected chi connectivity index (χ2v) is 14.9. The molecule has 370 valence electrons. The van der Waals surface area contributed by atoms with E-state index in [9.17, 15) is 0 Å². The Morgan fingerprint density at radius 3 is 1.48 bits per heavy atom. The van der Waals surface area contributed by atoms with Crippen molar-refractivity contribution in [3.05, 3.63) is 255 Å². The molecule has 0 spiro atoms. The first-order valence-corrected chi connectivity index (χ1v) is 24.7. The Bertz CT molecular complexity index is 2560. The predicted octanol–water partition coefficient (Wildman–Crippen LogP) is 11.3. The van der Waals surface area contributed by atoms with E-state index in [1.165, 1.54) is 11.1 Å². The van der Waals surface area contributed by atoms with E-state index in [-0.39, 0.29) is 58.7 Å². The number of aromatic nitrogens is 6. The first-order chi connectivity index (χ1) is 33.6. The fraction of sp³-hybridized carbons (Fsp3) is 0.123. The van der Waals surface area contributed by atoms with Crippen LogP contribution in [0.3, 0.4) is 0 Å². The first-order valence-electron chi connectivity index (χ1n) is 21.9. The molecule has 6 heterocycles. The summed E-state index contributed by atoms with van der Waals surface area (Å²) >= 11 is 1.61. The summed E-state index contributed by atoms with van der Waals surface area (Å²) in [6.07, 6.45) is 13.5. The van der Waals surface area contributed by atoms with Gasteiger partial charge >= 0.3 is 49.3 Å². The minimum absolute atomic E-state index is 0. The molecule has 71 heavy (non-hydrogen) atoms. The zero-order valence-electron chi connectivity index (χ0n) is 38.1. The van der Waals surface area contributed by atoms with Gasteiger partial charge in [0.15, 0.2) is 0 Å². The molecule has 0 aliphatic carbocycles. The largest absolute Gasteiger partial charge is 2.00 e. The van der Waals surface area contributed by atoms with Crippen LogP contribution in [-0.2, 0) is 59.5 Å². The fourth-order valence-corrected chi connectivity index (χ4v) is 6.74. The fourth-order valence-electron chi connectivity index (χ4n) is 6.74. The molecule has 0 amide bonds. The van der Waals surface area contributed by atoms with Crippen molar-refractivity contribution in [2.24, 2.45) is 0 Å². The SMILES string of the molecule is Br.C.OCCN1C=CN(Cc2ccccc2)[CH-]1.OCCn1cc[n+](Cc2ccccc2)c1.[Cl][Pt+].[Pt+2].[c-]1ccccc1-c1cccc(-c2ccccn2)n1.[c-]1ccccc1-c1cccc(-c2ccccn2)n1. The normalized spacial score (nSPS) is 10.7. The average molecular weight is 1390 g/mol. The maximum absolute atomic E-state index is 8.79. The Balaban J connectivity index is 0.000000245. The van der Waals surface area contributed by atoms with Gasteiger partial charge in [0.2, 0.25) is 6.33 Å². The second-order valence-electron chi connectivity index (χ2n) is 14.9. The molecule has 0 bridgehead atoms. The molecule has 10 nitrogen and oxygen atoms in total. The number of halogens is 2. The molecule has 0 fully saturated rings. The van der Waals surface area contributed by atoms with Crippen molar-refractivity contribution >= 4 is 26.4 Å². The molecular formula is C57H57BrClN8O2Pt2+. The van der Waals surface area contributed by atoms with Crippen LogP contribution < -0.4 is 4.57 Å².